The van der Waals surface area contributed by atoms with Crippen LogP contribution in [0.2, 0.25) is 0 Å². The number of benzene rings is 1. The predicted octanol–water partition coefficient (Wildman–Crippen LogP) is 2.92. The summed E-state index contributed by atoms with van der Waals surface area (Å²) < 4.78 is 0. The van der Waals surface area contributed by atoms with E-state index in [1.54, 1.807) is 60.7 Å². The molecule has 0 aliphatic carbocycles. The summed E-state index contributed by atoms with van der Waals surface area (Å²) in [5.41, 5.74) is 2.11. The second kappa shape index (κ2) is 9.24. The minimum Gasteiger partial charge on any atom is -0.340 e. The molecule has 0 radical (unpaired) electrons. The number of rotatable bonds is 6. The maximum absolute atomic E-state index is 12.7. The monoisotopic (exact) mass is 385 g/mol. The maximum atomic E-state index is 12.7. The first-order valence-electron chi connectivity index (χ1n) is 9.00. The zero-order chi connectivity index (χ0) is 20.6. The SMILES string of the molecule is CN(CCc1ccncc1)C(=O)c1cccc(C(=O)Nc2ccccc2C#N)n1. The number of anilines is 1. The normalized spacial score (nSPS) is 10.1. The topological polar surface area (TPSA) is 99.0 Å². The lowest BCUT2D eigenvalue weighted by atomic mass is 10.2. The number of aromatic nitrogens is 2. The molecule has 1 aromatic carbocycles. The number of nitrogens with one attached hydrogen (secondary N) is 1. The fraction of sp³-hybridized carbons (Fsp3) is 0.136. The highest BCUT2D eigenvalue weighted by Crippen LogP contribution is 2.15. The van der Waals surface area contributed by atoms with E-state index in [4.69, 9.17) is 5.26 Å². The molecule has 0 saturated carbocycles. The van der Waals surface area contributed by atoms with E-state index in [0.717, 1.165) is 5.56 Å². The van der Waals surface area contributed by atoms with Crippen molar-refractivity contribution in [2.24, 2.45) is 0 Å². The van der Waals surface area contributed by atoms with Crippen LogP contribution < -0.4 is 5.32 Å². The van der Waals surface area contributed by atoms with Gasteiger partial charge >= 0.3 is 0 Å². The van der Waals surface area contributed by atoms with Gasteiger partial charge in [-0.15, -0.1) is 0 Å². The molecule has 2 heterocycles. The van der Waals surface area contributed by atoms with Crippen LogP contribution in [0.1, 0.15) is 32.1 Å². The Labute approximate surface area is 168 Å². The van der Waals surface area contributed by atoms with Gasteiger partial charge in [-0.05, 0) is 48.4 Å². The standard InChI is InChI=1S/C22H19N5O2/c1-27(14-11-16-9-12-24-13-10-16)22(29)20-8-4-7-19(25-20)21(28)26-18-6-3-2-5-17(18)15-23/h2-10,12-13H,11,14H2,1H3,(H,26,28). The molecule has 3 rings (SSSR count). The van der Waals surface area contributed by atoms with E-state index in [0.29, 0.717) is 24.2 Å². The minimum atomic E-state index is -0.484. The van der Waals surface area contributed by atoms with Crippen LogP contribution in [0.15, 0.2) is 67.0 Å². The fourth-order valence-corrected chi connectivity index (χ4v) is 2.70. The molecule has 0 saturated heterocycles. The van der Waals surface area contributed by atoms with E-state index >= 15 is 0 Å². The molecule has 0 spiro atoms. The smallest absolute Gasteiger partial charge is 0.274 e. The third kappa shape index (κ3) is 5.02. The van der Waals surface area contributed by atoms with Crippen molar-refractivity contribution >= 4 is 17.5 Å². The van der Waals surface area contributed by atoms with Gasteiger partial charge in [0.25, 0.3) is 11.8 Å². The number of nitriles is 1. The molecule has 2 amide bonds. The lowest BCUT2D eigenvalue weighted by Gasteiger charge is -2.17. The summed E-state index contributed by atoms with van der Waals surface area (Å²) in [6, 6.07) is 17.2. The van der Waals surface area contributed by atoms with Gasteiger partial charge in [0, 0.05) is 26.0 Å². The van der Waals surface area contributed by atoms with Crippen molar-refractivity contribution in [3.05, 3.63) is 89.5 Å². The van der Waals surface area contributed by atoms with Crippen molar-refractivity contribution in [3.8, 4) is 6.07 Å². The molecular weight excluding hydrogens is 366 g/mol. The number of hydrogen-bond donors (Lipinski definition) is 1. The second-order valence-corrected chi connectivity index (χ2v) is 6.35. The zero-order valence-corrected chi connectivity index (χ0v) is 15.9. The van der Waals surface area contributed by atoms with Crippen LogP contribution >= 0.6 is 0 Å². The summed E-state index contributed by atoms with van der Waals surface area (Å²) in [5, 5.41) is 11.8. The molecular formula is C22H19N5O2. The number of para-hydroxylation sites is 1. The zero-order valence-electron chi connectivity index (χ0n) is 15.9. The van der Waals surface area contributed by atoms with E-state index in [2.05, 4.69) is 15.3 Å². The molecule has 2 aromatic heterocycles. The molecule has 0 atom stereocenters. The van der Waals surface area contributed by atoms with Gasteiger partial charge in [0.15, 0.2) is 0 Å². The first-order chi connectivity index (χ1) is 14.1. The first-order valence-corrected chi connectivity index (χ1v) is 9.00. The number of hydrogen-bond acceptors (Lipinski definition) is 5. The summed E-state index contributed by atoms with van der Waals surface area (Å²) in [6.45, 7) is 0.510. The van der Waals surface area contributed by atoms with Gasteiger partial charge in [0.05, 0.1) is 11.3 Å². The molecule has 144 valence electrons. The van der Waals surface area contributed by atoms with Crippen molar-refractivity contribution in [1.29, 1.82) is 5.26 Å². The average molecular weight is 385 g/mol. The van der Waals surface area contributed by atoms with E-state index in [1.165, 1.54) is 6.07 Å². The molecule has 29 heavy (non-hydrogen) atoms. The Morgan fingerprint density at radius 3 is 2.52 bits per heavy atom. The fourth-order valence-electron chi connectivity index (χ4n) is 2.70. The Morgan fingerprint density at radius 2 is 1.76 bits per heavy atom. The van der Waals surface area contributed by atoms with Crippen molar-refractivity contribution in [3.63, 3.8) is 0 Å². The maximum Gasteiger partial charge on any atom is 0.274 e. The molecule has 3 aromatic rings. The van der Waals surface area contributed by atoms with Crippen molar-refractivity contribution in [2.75, 3.05) is 18.9 Å². The lowest BCUT2D eigenvalue weighted by Crippen LogP contribution is -2.30. The summed E-state index contributed by atoms with van der Waals surface area (Å²) in [7, 11) is 1.70. The van der Waals surface area contributed by atoms with Gasteiger partial charge in [-0.3, -0.25) is 14.6 Å². The summed E-state index contributed by atoms with van der Waals surface area (Å²) in [5.74, 6) is -0.757. The van der Waals surface area contributed by atoms with Crippen LogP contribution in [-0.4, -0.2) is 40.3 Å². The van der Waals surface area contributed by atoms with Crippen LogP contribution in [0.4, 0.5) is 5.69 Å². The summed E-state index contributed by atoms with van der Waals surface area (Å²) >= 11 is 0. The predicted molar refractivity (Wildman–Crippen MR) is 108 cm³/mol. The highest BCUT2D eigenvalue weighted by Gasteiger charge is 2.16. The van der Waals surface area contributed by atoms with E-state index in [9.17, 15) is 9.59 Å². The number of amides is 2. The van der Waals surface area contributed by atoms with Gasteiger partial charge in [0.2, 0.25) is 0 Å². The van der Waals surface area contributed by atoms with E-state index in [-0.39, 0.29) is 17.3 Å². The Bertz CT molecular complexity index is 1060. The van der Waals surface area contributed by atoms with Gasteiger partial charge in [0.1, 0.15) is 17.5 Å². The van der Waals surface area contributed by atoms with E-state index in [1.807, 2.05) is 18.2 Å². The van der Waals surface area contributed by atoms with Gasteiger partial charge < -0.3 is 10.2 Å². The molecule has 0 unspecified atom stereocenters. The van der Waals surface area contributed by atoms with Crippen molar-refractivity contribution in [1.82, 2.24) is 14.9 Å². The third-order valence-electron chi connectivity index (χ3n) is 4.33. The third-order valence-corrected chi connectivity index (χ3v) is 4.33. The molecule has 1 N–H and O–H groups in total. The molecule has 0 bridgehead atoms. The van der Waals surface area contributed by atoms with Crippen molar-refractivity contribution < 1.29 is 9.59 Å². The second-order valence-electron chi connectivity index (χ2n) is 6.35. The minimum absolute atomic E-state index is 0.103. The molecule has 7 nitrogen and oxygen atoms in total. The van der Waals surface area contributed by atoms with Gasteiger partial charge in [-0.25, -0.2) is 4.98 Å². The molecule has 0 aliphatic rings. The highest BCUT2D eigenvalue weighted by atomic mass is 16.2. The largest absolute Gasteiger partial charge is 0.340 e. The number of carbonyl (C=O) groups excluding carboxylic acids is 2. The van der Waals surface area contributed by atoms with Crippen LogP contribution in [0.25, 0.3) is 0 Å². The lowest BCUT2D eigenvalue weighted by molar-refractivity contribution is 0.0790. The van der Waals surface area contributed by atoms with Gasteiger partial charge in [-0.1, -0.05) is 18.2 Å². The quantitative estimate of drug-likeness (QED) is 0.703. The van der Waals surface area contributed by atoms with Crippen molar-refractivity contribution in [2.45, 2.75) is 6.42 Å². The number of pyridine rings is 2. The first kappa shape index (κ1) is 19.7. The number of carbonyl (C=O) groups is 2. The van der Waals surface area contributed by atoms with E-state index < -0.39 is 5.91 Å². The Balaban J connectivity index is 1.68. The van der Waals surface area contributed by atoms with Crippen LogP contribution in [0, 0.1) is 11.3 Å². The molecule has 0 aliphatic heterocycles. The summed E-state index contributed by atoms with van der Waals surface area (Å²) in [6.07, 6.45) is 4.12. The Kier molecular flexibility index (Phi) is 6.28. The number of nitrogens with zero attached hydrogens (tertiary/aromatic N) is 4. The average Bonchev–Trinajstić information content (AvgIpc) is 2.78. The Morgan fingerprint density at radius 1 is 1.03 bits per heavy atom. The van der Waals surface area contributed by atoms with Crippen LogP contribution in [-0.2, 0) is 6.42 Å². The van der Waals surface area contributed by atoms with Gasteiger partial charge in [-0.2, -0.15) is 5.26 Å². The molecule has 0 fully saturated rings. The number of likely N-dealkylation sites (N-methyl/N-ethyl adjacent to an activating group) is 1. The highest BCUT2D eigenvalue weighted by molar-refractivity contribution is 6.04. The van der Waals surface area contributed by atoms with Crippen LogP contribution in [0.3, 0.4) is 0 Å². The Hall–Kier alpha value is -4.05. The summed E-state index contributed by atoms with van der Waals surface area (Å²) in [4.78, 5) is 34.9. The molecule has 7 heteroatoms. The van der Waals surface area contributed by atoms with Crippen LogP contribution in [0.5, 0.6) is 0 Å².